The third-order valence-electron chi connectivity index (χ3n) is 8.59. The van der Waals surface area contributed by atoms with Crippen LogP contribution in [0.25, 0.3) is 0 Å². The van der Waals surface area contributed by atoms with Crippen LogP contribution in [0, 0.1) is 11.8 Å². The molecule has 0 aromatic heterocycles. The molecule has 3 fully saturated rings. The molecule has 5 atom stereocenters. The minimum Gasteiger partial charge on any atom is -0.356 e. The Kier molecular flexibility index (Phi) is 6.31. The number of hydrogen-bond donors (Lipinski definition) is 2. The lowest BCUT2D eigenvalue weighted by Gasteiger charge is -2.34. The number of carbonyl (C=O) groups excluding carboxylic acids is 3. The number of halogens is 1. The van der Waals surface area contributed by atoms with Gasteiger partial charge in [-0.25, -0.2) is 0 Å². The number of para-hydroxylation sites is 1. The van der Waals surface area contributed by atoms with Crippen LogP contribution in [0.3, 0.4) is 0 Å². The first-order valence-electron chi connectivity index (χ1n) is 13.4. The molecule has 2 aromatic rings. The van der Waals surface area contributed by atoms with Crippen molar-refractivity contribution in [3.63, 3.8) is 0 Å². The number of ether oxygens (including phenoxy) is 1. The van der Waals surface area contributed by atoms with Gasteiger partial charge in [-0.1, -0.05) is 73.3 Å². The van der Waals surface area contributed by atoms with Crippen molar-refractivity contribution in [1.82, 2.24) is 10.2 Å². The van der Waals surface area contributed by atoms with E-state index in [0.29, 0.717) is 10.7 Å². The summed E-state index contributed by atoms with van der Waals surface area (Å²) in [6, 6.07) is 15.6. The van der Waals surface area contributed by atoms with E-state index in [1.165, 1.54) is 6.42 Å². The van der Waals surface area contributed by atoms with Crippen LogP contribution in [0.15, 0.2) is 66.7 Å². The van der Waals surface area contributed by atoms with Gasteiger partial charge in [0.15, 0.2) is 0 Å². The molecule has 6 rings (SSSR count). The lowest BCUT2D eigenvalue weighted by molar-refractivity contribution is -0.145. The van der Waals surface area contributed by atoms with E-state index in [0.717, 1.165) is 31.2 Å². The van der Waals surface area contributed by atoms with Gasteiger partial charge in [-0.15, -0.1) is 0 Å². The summed E-state index contributed by atoms with van der Waals surface area (Å²) in [6.07, 6.45) is 8.89. The zero-order valence-corrected chi connectivity index (χ0v) is 22.1. The van der Waals surface area contributed by atoms with Crippen molar-refractivity contribution in [1.29, 1.82) is 0 Å². The number of rotatable bonds is 6. The molecule has 2 bridgehead atoms. The Balaban J connectivity index is 1.36. The van der Waals surface area contributed by atoms with E-state index < -0.39 is 29.1 Å². The van der Waals surface area contributed by atoms with Gasteiger partial charge >= 0.3 is 0 Å². The third-order valence-corrected chi connectivity index (χ3v) is 8.84. The Morgan fingerprint density at radius 1 is 1.00 bits per heavy atom. The fourth-order valence-electron chi connectivity index (χ4n) is 6.85. The molecule has 3 heterocycles. The lowest BCUT2D eigenvalue weighted by Crippen LogP contribution is -2.56. The second-order valence-corrected chi connectivity index (χ2v) is 11.6. The number of carbonyl (C=O) groups is 3. The summed E-state index contributed by atoms with van der Waals surface area (Å²) in [5, 5.41) is 6.79. The molecule has 2 N–H and O–H groups in total. The first-order chi connectivity index (χ1) is 18.3. The Morgan fingerprint density at radius 3 is 2.42 bits per heavy atom. The van der Waals surface area contributed by atoms with Crippen molar-refractivity contribution >= 4 is 35.0 Å². The van der Waals surface area contributed by atoms with E-state index in [-0.39, 0.29) is 30.3 Å². The predicted octanol–water partition coefficient (Wildman–Crippen LogP) is 4.47. The van der Waals surface area contributed by atoms with Crippen LogP contribution < -0.4 is 10.6 Å². The van der Waals surface area contributed by atoms with Crippen LogP contribution in [-0.2, 0) is 25.7 Å². The van der Waals surface area contributed by atoms with E-state index in [1.807, 2.05) is 61.5 Å². The maximum absolute atomic E-state index is 14.2. The summed E-state index contributed by atoms with van der Waals surface area (Å²) in [6.45, 7) is 2.05. The molecule has 3 amide bonds. The van der Waals surface area contributed by atoms with E-state index in [1.54, 1.807) is 17.0 Å². The first kappa shape index (κ1) is 25.1. The van der Waals surface area contributed by atoms with Gasteiger partial charge in [0, 0.05) is 23.3 Å². The van der Waals surface area contributed by atoms with Crippen LogP contribution >= 0.6 is 11.6 Å². The zero-order chi connectivity index (χ0) is 26.5. The highest BCUT2D eigenvalue weighted by molar-refractivity contribution is 6.30. The Hall–Kier alpha value is -3.16. The van der Waals surface area contributed by atoms with Gasteiger partial charge in [0.05, 0.1) is 17.4 Å². The highest BCUT2D eigenvalue weighted by Crippen LogP contribution is 2.60. The number of likely N-dealkylation sites (tertiary alicyclic amines) is 1. The first-order valence-corrected chi connectivity index (χ1v) is 13.8. The van der Waals surface area contributed by atoms with Gasteiger partial charge in [-0.3, -0.25) is 14.4 Å². The molecule has 1 aliphatic carbocycles. The largest absolute Gasteiger partial charge is 0.356 e. The highest BCUT2D eigenvalue weighted by Gasteiger charge is 2.76. The number of nitrogens with zero attached hydrogens (tertiary/aromatic N) is 1. The highest BCUT2D eigenvalue weighted by atomic mass is 35.5. The molecule has 8 heteroatoms. The summed E-state index contributed by atoms with van der Waals surface area (Å²) >= 11 is 6.09. The molecule has 0 radical (unpaired) electrons. The van der Waals surface area contributed by atoms with Crippen LogP contribution in [-0.4, -0.2) is 45.9 Å². The van der Waals surface area contributed by atoms with Crippen molar-refractivity contribution in [3.8, 4) is 0 Å². The number of anilines is 1. The zero-order valence-electron chi connectivity index (χ0n) is 21.4. The quantitative estimate of drug-likeness (QED) is 0.536. The van der Waals surface area contributed by atoms with Gasteiger partial charge in [0.25, 0.3) is 0 Å². The second-order valence-electron chi connectivity index (χ2n) is 11.1. The maximum Gasteiger partial charge on any atom is 0.246 e. The lowest BCUT2D eigenvalue weighted by atomic mass is 9.70. The van der Waals surface area contributed by atoms with E-state index in [2.05, 4.69) is 10.6 Å². The Labute approximate surface area is 227 Å². The van der Waals surface area contributed by atoms with E-state index in [9.17, 15) is 14.4 Å². The van der Waals surface area contributed by atoms with Crippen molar-refractivity contribution < 1.29 is 19.1 Å². The van der Waals surface area contributed by atoms with E-state index in [4.69, 9.17) is 16.3 Å². The molecule has 38 heavy (non-hydrogen) atoms. The third kappa shape index (κ3) is 4.12. The SMILES string of the molecule is C[C@@]12C=C[C@@]3(O1)[C@H](C(=O)N(Cc1ccc(Cl)cc1)[C@@H]3C(=O)NC1CCCCC1)[C@@H]2C(=O)Nc1ccccc1. The molecular formula is C30H32ClN3O4. The Bertz CT molecular complexity index is 1280. The van der Waals surface area contributed by atoms with Gasteiger partial charge in [0.1, 0.15) is 11.6 Å². The summed E-state index contributed by atoms with van der Waals surface area (Å²) in [5.74, 6) is -2.34. The van der Waals surface area contributed by atoms with E-state index >= 15 is 0 Å². The van der Waals surface area contributed by atoms with Gasteiger partial charge in [-0.05, 0) is 49.6 Å². The van der Waals surface area contributed by atoms with Gasteiger partial charge in [0.2, 0.25) is 17.7 Å². The monoisotopic (exact) mass is 533 g/mol. The summed E-state index contributed by atoms with van der Waals surface area (Å²) < 4.78 is 6.61. The predicted molar refractivity (Wildman–Crippen MR) is 144 cm³/mol. The number of benzene rings is 2. The van der Waals surface area contributed by atoms with Gasteiger partial charge in [-0.2, -0.15) is 0 Å². The topological polar surface area (TPSA) is 87.7 Å². The second kappa shape index (κ2) is 9.54. The molecule has 198 valence electrons. The summed E-state index contributed by atoms with van der Waals surface area (Å²) in [4.78, 5) is 43.4. The molecule has 2 aromatic carbocycles. The summed E-state index contributed by atoms with van der Waals surface area (Å²) in [5.41, 5.74) is -0.702. The normalized spacial score (nSPS) is 31.9. The fraction of sp³-hybridized carbons (Fsp3) is 0.433. The van der Waals surface area contributed by atoms with Crippen LogP contribution in [0.4, 0.5) is 5.69 Å². The molecular weight excluding hydrogens is 502 g/mol. The summed E-state index contributed by atoms with van der Waals surface area (Å²) in [7, 11) is 0. The number of hydrogen-bond acceptors (Lipinski definition) is 4. The van der Waals surface area contributed by atoms with Crippen LogP contribution in [0.5, 0.6) is 0 Å². The number of amides is 3. The fourth-order valence-corrected chi connectivity index (χ4v) is 6.98. The van der Waals surface area contributed by atoms with Crippen LogP contribution in [0.1, 0.15) is 44.6 Å². The number of nitrogens with one attached hydrogen (secondary N) is 2. The molecule has 0 unspecified atom stereocenters. The molecule has 2 saturated heterocycles. The molecule has 4 aliphatic rings. The molecule has 1 spiro atoms. The van der Waals surface area contributed by atoms with Crippen molar-refractivity contribution in [2.24, 2.45) is 11.8 Å². The smallest absolute Gasteiger partial charge is 0.246 e. The average molecular weight is 534 g/mol. The minimum absolute atomic E-state index is 0.0783. The van der Waals surface area contributed by atoms with Crippen LogP contribution in [0.2, 0.25) is 5.02 Å². The average Bonchev–Trinajstić information content (AvgIpc) is 3.47. The Morgan fingerprint density at radius 2 is 1.71 bits per heavy atom. The standard InChI is InChI=1S/C30H32ClN3O4/c1-29-16-17-30(38-29)24(23(29)26(35)32-21-8-4-2-5-9-21)28(37)34(18-19-12-14-20(31)15-13-19)25(30)27(36)33-22-10-6-3-7-11-22/h2,4-5,8-9,12-17,22-25H,3,6-7,10-11,18H2,1H3,(H,32,35)(H,33,36)/t23-,24+,25-,29+,30-/m1/s1. The van der Waals surface area contributed by atoms with Crippen molar-refractivity contribution in [2.75, 3.05) is 5.32 Å². The minimum atomic E-state index is -1.21. The maximum atomic E-state index is 14.2. The van der Waals surface area contributed by atoms with Crippen molar-refractivity contribution in [2.45, 2.75) is 68.9 Å². The molecule has 1 saturated carbocycles. The molecule has 3 aliphatic heterocycles. The van der Waals surface area contributed by atoms with Crippen molar-refractivity contribution in [3.05, 3.63) is 77.3 Å². The van der Waals surface area contributed by atoms with Gasteiger partial charge < -0.3 is 20.3 Å². The number of fused-ring (bicyclic) bond motifs is 1. The molecule has 7 nitrogen and oxygen atoms in total.